The number of aromatic nitrogens is 1. The van der Waals surface area contributed by atoms with Crippen LogP contribution in [0.1, 0.15) is 23.0 Å². The van der Waals surface area contributed by atoms with Crippen LogP contribution < -0.4 is 4.74 Å². The van der Waals surface area contributed by atoms with E-state index >= 15 is 0 Å². The van der Waals surface area contributed by atoms with Gasteiger partial charge in [-0.2, -0.15) is 0 Å². The predicted octanol–water partition coefficient (Wildman–Crippen LogP) is 3.20. The third kappa shape index (κ3) is 2.82. The first kappa shape index (κ1) is 11.6. The standard InChI is InChI=1S/C12H11NO3S/c1-2-9-7-17-12(13-9)16-10-5-3-4-8(6-10)11(14)15/h3-7H,2H2,1H3,(H,14,15). The maximum Gasteiger partial charge on any atom is 0.335 e. The second kappa shape index (κ2) is 4.97. The summed E-state index contributed by atoms with van der Waals surface area (Å²) in [6.45, 7) is 2.02. The Morgan fingerprint density at radius 3 is 3.00 bits per heavy atom. The number of aryl methyl sites for hydroxylation is 1. The molecule has 0 saturated carbocycles. The molecular weight excluding hydrogens is 238 g/mol. The first-order valence-electron chi connectivity index (χ1n) is 5.14. The summed E-state index contributed by atoms with van der Waals surface area (Å²) in [5.74, 6) is -0.481. The minimum absolute atomic E-state index is 0.203. The smallest absolute Gasteiger partial charge is 0.335 e. The van der Waals surface area contributed by atoms with Crippen molar-refractivity contribution in [2.24, 2.45) is 0 Å². The first-order chi connectivity index (χ1) is 8.19. The lowest BCUT2D eigenvalue weighted by molar-refractivity contribution is 0.0696. The number of thiazole rings is 1. The average Bonchev–Trinajstić information content (AvgIpc) is 2.77. The Kier molecular flexibility index (Phi) is 3.39. The van der Waals surface area contributed by atoms with E-state index in [4.69, 9.17) is 9.84 Å². The van der Waals surface area contributed by atoms with Crippen molar-refractivity contribution in [1.82, 2.24) is 4.98 Å². The minimum Gasteiger partial charge on any atom is -0.478 e. The summed E-state index contributed by atoms with van der Waals surface area (Å²) in [7, 11) is 0. The first-order valence-corrected chi connectivity index (χ1v) is 6.02. The zero-order chi connectivity index (χ0) is 12.3. The van der Waals surface area contributed by atoms with E-state index in [0.29, 0.717) is 10.9 Å². The summed E-state index contributed by atoms with van der Waals surface area (Å²) in [6.07, 6.45) is 0.856. The molecule has 0 aliphatic rings. The summed E-state index contributed by atoms with van der Waals surface area (Å²) in [5.41, 5.74) is 1.18. The van der Waals surface area contributed by atoms with Crippen LogP contribution in [0.15, 0.2) is 29.6 Å². The van der Waals surface area contributed by atoms with Crippen LogP contribution in [0.4, 0.5) is 0 Å². The molecule has 1 heterocycles. The lowest BCUT2D eigenvalue weighted by Gasteiger charge is -2.02. The van der Waals surface area contributed by atoms with E-state index in [1.54, 1.807) is 12.1 Å². The number of nitrogens with zero attached hydrogens (tertiary/aromatic N) is 1. The number of rotatable bonds is 4. The fourth-order valence-corrected chi connectivity index (χ4v) is 2.06. The zero-order valence-electron chi connectivity index (χ0n) is 9.21. The van der Waals surface area contributed by atoms with Gasteiger partial charge in [0.05, 0.1) is 11.3 Å². The minimum atomic E-state index is -0.969. The highest BCUT2D eigenvalue weighted by atomic mass is 32.1. The summed E-state index contributed by atoms with van der Waals surface area (Å²) in [5, 5.41) is 11.3. The molecule has 0 amide bonds. The highest BCUT2D eigenvalue weighted by molar-refractivity contribution is 7.11. The highest BCUT2D eigenvalue weighted by Crippen LogP contribution is 2.25. The van der Waals surface area contributed by atoms with Crippen LogP contribution in [-0.2, 0) is 6.42 Å². The van der Waals surface area contributed by atoms with Crippen molar-refractivity contribution in [2.75, 3.05) is 0 Å². The topological polar surface area (TPSA) is 59.4 Å². The van der Waals surface area contributed by atoms with Crippen molar-refractivity contribution in [2.45, 2.75) is 13.3 Å². The van der Waals surface area contributed by atoms with Crippen molar-refractivity contribution < 1.29 is 14.6 Å². The number of hydrogen-bond acceptors (Lipinski definition) is 4. The summed E-state index contributed by atoms with van der Waals surface area (Å²) in [4.78, 5) is 15.0. The van der Waals surface area contributed by atoms with Crippen molar-refractivity contribution in [3.05, 3.63) is 40.9 Å². The van der Waals surface area contributed by atoms with Crippen molar-refractivity contribution in [3.63, 3.8) is 0 Å². The molecule has 0 atom stereocenters. The van der Waals surface area contributed by atoms with E-state index in [0.717, 1.165) is 12.1 Å². The van der Waals surface area contributed by atoms with Crippen LogP contribution in [-0.4, -0.2) is 16.1 Å². The molecule has 0 spiro atoms. The molecule has 2 rings (SSSR count). The molecule has 1 N–H and O–H groups in total. The van der Waals surface area contributed by atoms with Gasteiger partial charge in [0.2, 0.25) is 0 Å². The quantitative estimate of drug-likeness (QED) is 0.904. The summed E-state index contributed by atoms with van der Waals surface area (Å²) < 4.78 is 5.50. The second-order valence-corrected chi connectivity index (χ2v) is 4.21. The maximum atomic E-state index is 10.8. The Hall–Kier alpha value is -1.88. The van der Waals surface area contributed by atoms with Crippen LogP contribution in [0.25, 0.3) is 0 Å². The number of carboxylic acids is 1. The zero-order valence-corrected chi connectivity index (χ0v) is 10.0. The van der Waals surface area contributed by atoms with Gasteiger partial charge >= 0.3 is 5.97 Å². The van der Waals surface area contributed by atoms with E-state index in [9.17, 15) is 4.79 Å². The number of carbonyl (C=O) groups is 1. The molecule has 0 aliphatic heterocycles. The van der Waals surface area contributed by atoms with Crippen LogP contribution >= 0.6 is 11.3 Å². The van der Waals surface area contributed by atoms with E-state index in [1.807, 2.05) is 12.3 Å². The third-order valence-electron chi connectivity index (χ3n) is 2.18. The van der Waals surface area contributed by atoms with Gasteiger partial charge in [-0.05, 0) is 24.6 Å². The fourth-order valence-electron chi connectivity index (χ4n) is 1.29. The monoisotopic (exact) mass is 249 g/mol. The Morgan fingerprint density at radius 1 is 1.53 bits per heavy atom. The fraction of sp³-hybridized carbons (Fsp3) is 0.167. The van der Waals surface area contributed by atoms with Crippen LogP contribution in [0.3, 0.4) is 0 Å². The summed E-state index contributed by atoms with van der Waals surface area (Å²) in [6, 6.07) is 6.36. The van der Waals surface area contributed by atoms with Gasteiger partial charge < -0.3 is 9.84 Å². The predicted molar refractivity (Wildman–Crippen MR) is 65.0 cm³/mol. The molecule has 0 radical (unpaired) electrons. The Labute approximate surface area is 103 Å². The van der Waals surface area contributed by atoms with E-state index in [2.05, 4.69) is 4.98 Å². The SMILES string of the molecule is CCc1csc(Oc2cccc(C(=O)O)c2)n1. The molecule has 5 heteroatoms. The Morgan fingerprint density at radius 2 is 2.35 bits per heavy atom. The molecule has 0 bridgehead atoms. The molecule has 2 aromatic rings. The molecule has 1 aromatic carbocycles. The third-order valence-corrected chi connectivity index (χ3v) is 2.95. The number of ether oxygens (including phenoxy) is 1. The Bertz CT molecular complexity index is 536. The molecule has 0 fully saturated rings. The lowest BCUT2D eigenvalue weighted by Crippen LogP contribution is -1.96. The summed E-state index contributed by atoms with van der Waals surface area (Å²) >= 11 is 1.40. The van der Waals surface area contributed by atoms with E-state index in [-0.39, 0.29) is 5.56 Å². The molecule has 0 saturated heterocycles. The molecule has 88 valence electrons. The molecule has 0 unspecified atom stereocenters. The molecular formula is C12H11NO3S. The lowest BCUT2D eigenvalue weighted by atomic mass is 10.2. The normalized spacial score (nSPS) is 10.2. The van der Waals surface area contributed by atoms with Gasteiger partial charge in [0.15, 0.2) is 0 Å². The highest BCUT2D eigenvalue weighted by Gasteiger charge is 2.06. The molecule has 17 heavy (non-hydrogen) atoms. The van der Waals surface area contributed by atoms with Gasteiger partial charge in [0, 0.05) is 5.38 Å². The van der Waals surface area contributed by atoms with Gasteiger partial charge in [-0.15, -0.1) is 0 Å². The van der Waals surface area contributed by atoms with Crippen LogP contribution in [0.5, 0.6) is 10.9 Å². The van der Waals surface area contributed by atoms with Crippen LogP contribution in [0, 0.1) is 0 Å². The number of benzene rings is 1. The average molecular weight is 249 g/mol. The molecule has 4 nitrogen and oxygen atoms in total. The Balaban J connectivity index is 2.18. The molecule has 0 aliphatic carbocycles. The van der Waals surface area contributed by atoms with Crippen molar-refractivity contribution in [3.8, 4) is 10.9 Å². The van der Waals surface area contributed by atoms with Crippen molar-refractivity contribution >= 4 is 17.3 Å². The van der Waals surface area contributed by atoms with Crippen LogP contribution in [0.2, 0.25) is 0 Å². The number of carboxylic acid groups (broad SMARTS) is 1. The van der Waals surface area contributed by atoms with E-state index in [1.165, 1.54) is 23.5 Å². The van der Waals surface area contributed by atoms with Gasteiger partial charge in [0.1, 0.15) is 5.75 Å². The van der Waals surface area contributed by atoms with Gasteiger partial charge in [-0.25, -0.2) is 9.78 Å². The van der Waals surface area contributed by atoms with E-state index < -0.39 is 5.97 Å². The number of hydrogen-bond donors (Lipinski definition) is 1. The number of aromatic carboxylic acids is 1. The molecule has 1 aromatic heterocycles. The second-order valence-electron chi connectivity index (χ2n) is 3.39. The van der Waals surface area contributed by atoms with Gasteiger partial charge in [0.25, 0.3) is 5.19 Å². The maximum absolute atomic E-state index is 10.8. The van der Waals surface area contributed by atoms with Gasteiger partial charge in [-0.3, -0.25) is 0 Å². The van der Waals surface area contributed by atoms with Gasteiger partial charge in [-0.1, -0.05) is 24.3 Å². The van der Waals surface area contributed by atoms with Crippen molar-refractivity contribution in [1.29, 1.82) is 0 Å². The largest absolute Gasteiger partial charge is 0.478 e.